The minimum atomic E-state index is -0.563. The Morgan fingerprint density at radius 3 is 2.76 bits per heavy atom. The minimum Gasteiger partial charge on any atom is -0.465 e. The Balaban J connectivity index is 2.19. The molecule has 0 radical (unpaired) electrons. The first-order valence-corrected chi connectivity index (χ1v) is 5.85. The molecule has 0 aliphatic carbocycles. The molecule has 1 saturated heterocycles. The van der Waals surface area contributed by atoms with Crippen LogP contribution in [-0.4, -0.2) is 42.4 Å². The summed E-state index contributed by atoms with van der Waals surface area (Å²) in [5.41, 5.74) is 0. The van der Waals surface area contributed by atoms with Gasteiger partial charge in [0.05, 0.1) is 19.4 Å². The van der Waals surface area contributed by atoms with E-state index in [1.807, 2.05) is 13.8 Å². The SMILES string of the molecule is CC(C)COC(=O)CCC1NC(=O)[C@H](CO)N1. The number of amides is 1. The molecule has 6 heteroatoms. The van der Waals surface area contributed by atoms with Crippen molar-refractivity contribution >= 4 is 11.9 Å². The van der Waals surface area contributed by atoms with Gasteiger partial charge in [0, 0.05) is 6.42 Å². The molecule has 1 rings (SSSR count). The number of aliphatic hydroxyl groups excluding tert-OH is 1. The monoisotopic (exact) mass is 244 g/mol. The molecule has 1 aliphatic heterocycles. The lowest BCUT2D eigenvalue weighted by Gasteiger charge is -2.11. The molecule has 0 saturated carbocycles. The summed E-state index contributed by atoms with van der Waals surface area (Å²) in [5, 5.41) is 14.4. The van der Waals surface area contributed by atoms with Gasteiger partial charge in [-0.3, -0.25) is 14.9 Å². The highest BCUT2D eigenvalue weighted by Gasteiger charge is 2.30. The lowest BCUT2D eigenvalue weighted by atomic mass is 10.2. The van der Waals surface area contributed by atoms with Gasteiger partial charge in [0.2, 0.25) is 5.91 Å². The van der Waals surface area contributed by atoms with Gasteiger partial charge in [-0.1, -0.05) is 13.8 Å². The van der Waals surface area contributed by atoms with Crippen molar-refractivity contribution in [1.29, 1.82) is 0 Å². The normalized spacial score (nSPS) is 23.9. The zero-order valence-electron chi connectivity index (χ0n) is 10.2. The van der Waals surface area contributed by atoms with Gasteiger partial charge in [-0.05, 0) is 12.3 Å². The fraction of sp³-hybridized carbons (Fsp3) is 0.818. The van der Waals surface area contributed by atoms with Crippen molar-refractivity contribution in [2.24, 2.45) is 5.92 Å². The molecule has 1 aliphatic rings. The van der Waals surface area contributed by atoms with E-state index in [2.05, 4.69) is 10.6 Å². The molecule has 0 bridgehead atoms. The zero-order valence-corrected chi connectivity index (χ0v) is 10.2. The fourth-order valence-corrected chi connectivity index (χ4v) is 1.52. The average Bonchev–Trinajstić information content (AvgIpc) is 2.64. The van der Waals surface area contributed by atoms with Crippen molar-refractivity contribution in [1.82, 2.24) is 10.6 Å². The van der Waals surface area contributed by atoms with Crippen LogP contribution >= 0.6 is 0 Å². The molecule has 0 aromatic rings. The molecular formula is C11H20N2O4. The number of rotatable bonds is 6. The minimum absolute atomic E-state index is 0.229. The maximum atomic E-state index is 11.3. The predicted octanol–water partition coefficient (Wildman–Crippen LogP) is -0.628. The van der Waals surface area contributed by atoms with Crippen LogP contribution < -0.4 is 10.6 Å². The summed E-state index contributed by atoms with van der Waals surface area (Å²) < 4.78 is 5.01. The molecule has 0 aromatic heterocycles. The van der Waals surface area contributed by atoms with Crippen molar-refractivity contribution in [3.63, 3.8) is 0 Å². The zero-order chi connectivity index (χ0) is 12.8. The highest BCUT2D eigenvalue weighted by atomic mass is 16.5. The average molecular weight is 244 g/mol. The smallest absolute Gasteiger partial charge is 0.305 e. The Morgan fingerprint density at radius 1 is 1.53 bits per heavy atom. The van der Waals surface area contributed by atoms with Crippen molar-refractivity contribution in [2.75, 3.05) is 13.2 Å². The summed E-state index contributed by atoms with van der Waals surface area (Å²) in [4.78, 5) is 22.6. The molecule has 1 fully saturated rings. The summed E-state index contributed by atoms with van der Waals surface area (Å²) in [6.07, 6.45) is 0.466. The Hall–Kier alpha value is -1.14. The first kappa shape index (κ1) is 13.9. The molecule has 3 N–H and O–H groups in total. The van der Waals surface area contributed by atoms with Gasteiger partial charge in [0.25, 0.3) is 0 Å². The lowest BCUT2D eigenvalue weighted by Crippen LogP contribution is -2.35. The van der Waals surface area contributed by atoms with Gasteiger partial charge in [-0.15, -0.1) is 0 Å². The second-order valence-corrected chi connectivity index (χ2v) is 4.58. The Morgan fingerprint density at radius 2 is 2.24 bits per heavy atom. The van der Waals surface area contributed by atoms with Gasteiger partial charge in [0.1, 0.15) is 6.04 Å². The Bertz CT molecular complexity index is 281. The summed E-state index contributed by atoms with van der Waals surface area (Å²) >= 11 is 0. The van der Waals surface area contributed by atoms with Crippen LogP contribution in [0.15, 0.2) is 0 Å². The van der Waals surface area contributed by atoms with E-state index < -0.39 is 6.04 Å². The second-order valence-electron chi connectivity index (χ2n) is 4.58. The summed E-state index contributed by atoms with van der Waals surface area (Å²) in [7, 11) is 0. The summed E-state index contributed by atoms with van der Waals surface area (Å²) in [6.45, 7) is 4.12. The van der Waals surface area contributed by atoms with Crippen molar-refractivity contribution < 1.29 is 19.4 Å². The van der Waals surface area contributed by atoms with Gasteiger partial charge in [-0.2, -0.15) is 0 Å². The molecule has 17 heavy (non-hydrogen) atoms. The number of esters is 1. The van der Waals surface area contributed by atoms with E-state index in [1.165, 1.54) is 0 Å². The van der Waals surface area contributed by atoms with Gasteiger partial charge < -0.3 is 15.2 Å². The lowest BCUT2D eigenvalue weighted by molar-refractivity contribution is -0.145. The molecular weight excluding hydrogens is 224 g/mol. The molecule has 1 heterocycles. The van der Waals surface area contributed by atoms with Gasteiger partial charge >= 0.3 is 5.97 Å². The van der Waals surface area contributed by atoms with Crippen LogP contribution in [0.1, 0.15) is 26.7 Å². The molecule has 2 atom stereocenters. The van der Waals surface area contributed by atoms with E-state index in [1.54, 1.807) is 0 Å². The van der Waals surface area contributed by atoms with Crippen LogP contribution in [0.5, 0.6) is 0 Å². The number of carbonyl (C=O) groups excluding carboxylic acids is 2. The van der Waals surface area contributed by atoms with E-state index in [-0.39, 0.29) is 31.1 Å². The molecule has 98 valence electrons. The standard InChI is InChI=1S/C11H20N2O4/c1-7(2)6-17-10(15)4-3-9-12-8(5-14)11(16)13-9/h7-9,12,14H,3-6H2,1-2H3,(H,13,16)/t8-,9?/m0/s1. The van der Waals surface area contributed by atoms with Crippen LogP contribution in [0.25, 0.3) is 0 Å². The number of ether oxygens (including phenoxy) is 1. The Kier molecular flexibility index (Phi) is 5.37. The van der Waals surface area contributed by atoms with Crippen LogP contribution in [0.3, 0.4) is 0 Å². The van der Waals surface area contributed by atoms with Crippen molar-refractivity contribution in [3.8, 4) is 0 Å². The van der Waals surface area contributed by atoms with Crippen LogP contribution in [0.2, 0.25) is 0 Å². The third kappa shape index (κ3) is 4.70. The van der Waals surface area contributed by atoms with Crippen LogP contribution in [0.4, 0.5) is 0 Å². The maximum absolute atomic E-state index is 11.3. The molecule has 0 aromatic carbocycles. The number of aliphatic hydroxyl groups is 1. The number of carbonyl (C=O) groups is 2. The first-order chi connectivity index (χ1) is 8.02. The van der Waals surface area contributed by atoms with Gasteiger partial charge in [0.15, 0.2) is 0 Å². The maximum Gasteiger partial charge on any atom is 0.305 e. The van der Waals surface area contributed by atoms with E-state index in [9.17, 15) is 9.59 Å². The fourth-order valence-electron chi connectivity index (χ4n) is 1.52. The third-order valence-electron chi connectivity index (χ3n) is 2.43. The van der Waals surface area contributed by atoms with Gasteiger partial charge in [-0.25, -0.2) is 0 Å². The quantitative estimate of drug-likeness (QED) is 0.542. The molecule has 0 spiro atoms. The van der Waals surface area contributed by atoms with Crippen LogP contribution in [0, 0.1) is 5.92 Å². The van der Waals surface area contributed by atoms with E-state index in [0.29, 0.717) is 18.9 Å². The number of hydrogen-bond donors (Lipinski definition) is 3. The number of hydrogen-bond acceptors (Lipinski definition) is 5. The number of nitrogens with one attached hydrogen (secondary N) is 2. The van der Waals surface area contributed by atoms with E-state index >= 15 is 0 Å². The molecule has 1 amide bonds. The van der Waals surface area contributed by atoms with Crippen molar-refractivity contribution in [3.05, 3.63) is 0 Å². The molecule has 6 nitrogen and oxygen atoms in total. The third-order valence-corrected chi connectivity index (χ3v) is 2.43. The highest BCUT2D eigenvalue weighted by molar-refractivity contribution is 5.84. The van der Waals surface area contributed by atoms with E-state index in [0.717, 1.165) is 0 Å². The highest BCUT2D eigenvalue weighted by Crippen LogP contribution is 2.05. The largest absolute Gasteiger partial charge is 0.465 e. The summed E-state index contributed by atoms with van der Waals surface area (Å²) in [6, 6.07) is -0.563. The second kappa shape index (κ2) is 6.56. The topological polar surface area (TPSA) is 87.7 Å². The predicted molar refractivity (Wildman–Crippen MR) is 61.0 cm³/mol. The van der Waals surface area contributed by atoms with E-state index in [4.69, 9.17) is 9.84 Å². The molecule has 1 unspecified atom stereocenters. The first-order valence-electron chi connectivity index (χ1n) is 5.85. The summed E-state index contributed by atoms with van der Waals surface area (Å²) in [5.74, 6) is -0.169. The Labute approximate surface area is 101 Å². The van der Waals surface area contributed by atoms with Crippen LogP contribution in [-0.2, 0) is 14.3 Å². The van der Waals surface area contributed by atoms with Crippen molar-refractivity contribution in [2.45, 2.75) is 38.9 Å².